The van der Waals surface area contributed by atoms with E-state index < -0.39 is 24.3 Å². The summed E-state index contributed by atoms with van der Waals surface area (Å²) in [7, 11) is 0. The molecule has 0 radical (unpaired) electrons. The fourth-order valence-electron chi connectivity index (χ4n) is 3.75. The second-order valence-electron chi connectivity index (χ2n) is 8.56. The molecule has 6 heteroatoms. The van der Waals surface area contributed by atoms with Gasteiger partial charge in [0.1, 0.15) is 12.2 Å². The van der Waals surface area contributed by atoms with E-state index in [-0.39, 0.29) is 19.0 Å². The Balaban J connectivity index is 1.81. The van der Waals surface area contributed by atoms with Crippen LogP contribution in [0.25, 0.3) is 0 Å². The van der Waals surface area contributed by atoms with E-state index in [0.29, 0.717) is 19.8 Å². The Kier molecular flexibility index (Phi) is 12.3. The van der Waals surface area contributed by atoms with Crippen molar-refractivity contribution in [3.8, 4) is 0 Å². The molecule has 3 rings (SSSR count). The predicted octanol–water partition coefficient (Wildman–Crippen LogP) is 6.02. The topological polar surface area (TPSA) is 63.2 Å². The molecule has 0 bridgehead atoms. The molecule has 0 spiro atoms. The molecule has 0 N–H and O–H groups in total. The van der Waals surface area contributed by atoms with E-state index in [9.17, 15) is 4.79 Å². The van der Waals surface area contributed by atoms with Crippen molar-refractivity contribution < 1.29 is 28.5 Å². The van der Waals surface area contributed by atoms with Gasteiger partial charge in [0.05, 0.1) is 33.0 Å². The van der Waals surface area contributed by atoms with Crippen molar-refractivity contribution in [2.24, 2.45) is 0 Å². The number of esters is 1. The van der Waals surface area contributed by atoms with Crippen LogP contribution in [0, 0.1) is 0 Å². The van der Waals surface area contributed by atoms with Crippen LogP contribution in [0.3, 0.4) is 0 Å². The molecule has 38 heavy (non-hydrogen) atoms. The summed E-state index contributed by atoms with van der Waals surface area (Å²) >= 11 is 0. The second-order valence-corrected chi connectivity index (χ2v) is 8.56. The quantitative estimate of drug-likeness (QED) is 0.0946. The van der Waals surface area contributed by atoms with Gasteiger partial charge in [0, 0.05) is 0 Å². The lowest BCUT2D eigenvalue weighted by Gasteiger charge is -2.32. The number of ether oxygens (including phenoxy) is 5. The van der Waals surface area contributed by atoms with Crippen LogP contribution in [0.4, 0.5) is 0 Å². The summed E-state index contributed by atoms with van der Waals surface area (Å²) in [5, 5.41) is 0. The molecule has 3 aromatic rings. The van der Waals surface area contributed by atoms with E-state index in [0.717, 1.165) is 16.7 Å². The maximum Gasteiger partial charge on any atom is 0.372 e. The minimum atomic E-state index is -0.738. The Bertz CT molecular complexity index is 1100. The van der Waals surface area contributed by atoms with Crippen LogP contribution in [-0.2, 0) is 48.3 Å². The first-order chi connectivity index (χ1) is 18.6. The molecular formula is C32H36O6. The summed E-state index contributed by atoms with van der Waals surface area (Å²) < 4.78 is 29.8. The number of benzene rings is 3. The van der Waals surface area contributed by atoms with E-state index >= 15 is 0 Å². The Morgan fingerprint density at radius 2 is 1.29 bits per heavy atom. The molecule has 200 valence electrons. The highest BCUT2D eigenvalue weighted by molar-refractivity contribution is 5.85. The molecule has 0 saturated carbocycles. The summed E-state index contributed by atoms with van der Waals surface area (Å²) in [5.41, 5.74) is 3.00. The summed E-state index contributed by atoms with van der Waals surface area (Å²) in [4.78, 5) is 12.3. The Hall–Kier alpha value is -3.71. The molecule has 0 unspecified atom stereocenters. The fraction of sp³-hybridized carbons (Fsp3) is 0.281. The zero-order valence-corrected chi connectivity index (χ0v) is 21.9. The van der Waals surface area contributed by atoms with Crippen LogP contribution >= 0.6 is 0 Å². The third kappa shape index (κ3) is 9.63. The number of carbonyl (C=O) groups excluding carboxylic acids is 1. The molecule has 0 amide bonds. The van der Waals surface area contributed by atoms with E-state index in [1.54, 1.807) is 13.0 Å². The first-order valence-corrected chi connectivity index (χ1v) is 12.7. The van der Waals surface area contributed by atoms with Crippen molar-refractivity contribution in [2.45, 2.75) is 45.1 Å². The standard InChI is InChI=1S/C32H36O6/c1-4-29(36-22-27-17-11-7-12-18-27)31(37-23-28-19-13-8-14-20-28)30(38-25(3)32(33)35-5-2)24-34-21-26-15-9-6-10-16-26/h4,6-20,29-31H,1,3,5,21-24H2,2H3/t29-,30+,31+/m0/s1. The van der Waals surface area contributed by atoms with Crippen molar-refractivity contribution in [3.05, 3.63) is 133 Å². The summed E-state index contributed by atoms with van der Waals surface area (Å²) in [6, 6.07) is 29.4. The normalized spacial score (nSPS) is 13.2. The van der Waals surface area contributed by atoms with E-state index in [1.807, 2.05) is 91.0 Å². The van der Waals surface area contributed by atoms with E-state index in [4.69, 9.17) is 23.7 Å². The Morgan fingerprint density at radius 1 is 0.789 bits per heavy atom. The average Bonchev–Trinajstić information content (AvgIpc) is 2.96. The molecule has 0 aliphatic rings. The van der Waals surface area contributed by atoms with Gasteiger partial charge in [-0.2, -0.15) is 0 Å². The molecule has 0 aliphatic heterocycles. The van der Waals surface area contributed by atoms with Crippen LogP contribution in [-0.4, -0.2) is 37.5 Å². The number of rotatable bonds is 17. The summed E-state index contributed by atoms with van der Waals surface area (Å²) in [6.45, 7) is 10.8. The van der Waals surface area contributed by atoms with Crippen LogP contribution < -0.4 is 0 Å². The molecule has 3 atom stereocenters. The van der Waals surface area contributed by atoms with Gasteiger partial charge in [0.15, 0.2) is 11.9 Å². The van der Waals surface area contributed by atoms with Crippen molar-refractivity contribution >= 4 is 5.97 Å². The van der Waals surface area contributed by atoms with Crippen LogP contribution in [0.5, 0.6) is 0 Å². The molecule has 0 heterocycles. The minimum absolute atomic E-state index is 0.117. The predicted molar refractivity (Wildman–Crippen MR) is 147 cm³/mol. The van der Waals surface area contributed by atoms with Gasteiger partial charge in [-0.3, -0.25) is 0 Å². The third-order valence-electron chi connectivity index (χ3n) is 5.68. The SMILES string of the molecule is C=C[C@H](OCc1ccccc1)[C@@H](OCc1ccccc1)[C@@H](COCc1ccccc1)OC(=C)C(=O)OCC. The van der Waals surface area contributed by atoms with Gasteiger partial charge in [-0.25, -0.2) is 4.79 Å². The zero-order chi connectivity index (χ0) is 27.0. The lowest BCUT2D eigenvalue weighted by Crippen LogP contribution is -2.44. The number of hydrogen-bond acceptors (Lipinski definition) is 6. The second kappa shape index (κ2) is 16.2. The molecule has 0 saturated heterocycles. The molecule has 0 aromatic heterocycles. The number of carbonyl (C=O) groups is 1. The molecule has 3 aromatic carbocycles. The van der Waals surface area contributed by atoms with Crippen molar-refractivity contribution in [1.29, 1.82) is 0 Å². The lowest BCUT2D eigenvalue weighted by molar-refractivity contribution is -0.157. The van der Waals surface area contributed by atoms with Crippen LogP contribution in [0.15, 0.2) is 116 Å². The first-order valence-electron chi connectivity index (χ1n) is 12.7. The first kappa shape index (κ1) is 28.9. The highest BCUT2D eigenvalue weighted by Gasteiger charge is 2.33. The monoisotopic (exact) mass is 516 g/mol. The largest absolute Gasteiger partial charge is 0.478 e. The van der Waals surface area contributed by atoms with E-state index in [2.05, 4.69) is 13.2 Å². The summed E-state index contributed by atoms with van der Waals surface area (Å²) in [5.74, 6) is -0.762. The van der Waals surface area contributed by atoms with Crippen molar-refractivity contribution in [1.82, 2.24) is 0 Å². The Morgan fingerprint density at radius 3 is 1.79 bits per heavy atom. The van der Waals surface area contributed by atoms with Gasteiger partial charge in [-0.15, -0.1) is 6.58 Å². The Labute approximate surface area is 225 Å². The number of hydrogen-bond donors (Lipinski definition) is 0. The maximum atomic E-state index is 12.3. The zero-order valence-electron chi connectivity index (χ0n) is 21.9. The van der Waals surface area contributed by atoms with Gasteiger partial charge >= 0.3 is 5.97 Å². The minimum Gasteiger partial charge on any atom is -0.478 e. The molecule has 0 fully saturated rings. The lowest BCUT2D eigenvalue weighted by atomic mass is 10.1. The van der Waals surface area contributed by atoms with Crippen molar-refractivity contribution in [3.63, 3.8) is 0 Å². The van der Waals surface area contributed by atoms with E-state index in [1.165, 1.54) is 0 Å². The smallest absolute Gasteiger partial charge is 0.372 e. The van der Waals surface area contributed by atoms with Gasteiger partial charge in [0.25, 0.3) is 0 Å². The summed E-state index contributed by atoms with van der Waals surface area (Å²) in [6.07, 6.45) is -0.296. The van der Waals surface area contributed by atoms with Gasteiger partial charge in [-0.05, 0) is 30.2 Å². The fourth-order valence-corrected chi connectivity index (χ4v) is 3.75. The van der Waals surface area contributed by atoms with Gasteiger partial charge in [0.2, 0.25) is 0 Å². The third-order valence-corrected chi connectivity index (χ3v) is 5.68. The highest BCUT2D eigenvalue weighted by atomic mass is 16.6. The van der Waals surface area contributed by atoms with Crippen molar-refractivity contribution in [2.75, 3.05) is 13.2 Å². The molecule has 0 aliphatic carbocycles. The highest BCUT2D eigenvalue weighted by Crippen LogP contribution is 2.21. The maximum absolute atomic E-state index is 12.3. The molecule has 6 nitrogen and oxygen atoms in total. The molecular weight excluding hydrogens is 480 g/mol. The van der Waals surface area contributed by atoms with Crippen LogP contribution in [0.1, 0.15) is 23.6 Å². The van der Waals surface area contributed by atoms with Crippen LogP contribution in [0.2, 0.25) is 0 Å². The van der Waals surface area contributed by atoms with Gasteiger partial charge in [-0.1, -0.05) is 97.1 Å². The average molecular weight is 517 g/mol. The van der Waals surface area contributed by atoms with Gasteiger partial charge < -0.3 is 23.7 Å².